The molecule has 2 aliphatic rings. The van der Waals surface area contributed by atoms with E-state index in [-0.39, 0.29) is 22.7 Å². The SMILES string of the molecule is CC(=O)N1CC(C)Oc2ccc(S(=O)(=O)/N=C3\CCN(C)C(=O)N3)cc21. The van der Waals surface area contributed by atoms with Crippen molar-refractivity contribution in [1.29, 1.82) is 0 Å². The van der Waals surface area contributed by atoms with E-state index in [1.54, 1.807) is 7.05 Å². The van der Waals surface area contributed by atoms with Crippen molar-refractivity contribution in [3.8, 4) is 5.75 Å². The summed E-state index contributed by atoms with van der Waals surface area (Å²) in [7, 11) is -2.42. The molecular weight excluding hydrogens is 360 g/mol. The summed E-state index contributed by atoms with van der Waals surface area (Å²) in [4.78, 5) is 26.4. The molecule has 1 fully saturated rings. The van der Waals surface area contributed by atoms with Gasteiger partial charge in [-0.3, -0.25) is 10.1 Å². The van der Waals surface area contributed by atoms with Crippen LogP contribution in [0.5, 0.6) is 5.75 Å². The number of carbonyl (C=O) groups excluding carboxylic acids is 2. The number of carbonyl (C=O) groups is 2. The lowest BCUT2D eigenvalue weighted by Gasteiger charge is -2.33. The van der Waals surface area contributed by atoms with Crippen LogP contribution in [0.25, 0.3) is 0 Å². The molecular formula is C16H20N4O5S. The first-order chi connectivity index (χ1) is 12.2. The van der Waals surface area contributed by atoms with Crippen LogP contribution in [0.2, 0.25) is 0 Å². The molecule has 10 heteroatoms. The second-order valence-corrected chi connectivity index (χ2v) is 7.91. The highest BCUT2D eigenvalue weighted by molar-refractivity contribution is 7.90. The van der Waals surface area contributed by atoms with Crippen LogP contribution >= 0.6 is 0 Å². The number of rotatable bonds is 2. The van der Waals surface area contributed by atoms with Crippen molar-refractivity contribution in [2.45, 2.75) is 31.3 Å². The molecule has 1 unspecified atom stereocenters. The van der Waals surface area contributed by atoms with Gasteiger partial charge < -0.3 is 14.5 Å². The van der Waals surface area contributed by atoms with E-state index in [0.717, 1.165) is 0 Å². The summed E-state index contributed by atoms with van der Waals surface area (Å²) in [6.45, 7) is 3.96. The number of hydrogen-bond acceptors (Lipinski definition) is 5. The summed E-state index contributed by atoms with van der Waals surface area (Å²) in [5.41, 5.74) is 0.393. The maximum atomic E-state index is 12.6. The molecule has 1 N–H and O–H groups in total. The zero-order chi connectivity index (χ0) is 19.1. The Kier molecular flexibility index (Phi) is 4.61. The third kappa shape index (κ3) is 3.50. The molecule has 2 aliphatic heterocycles. The van der Waals surface area contributed by atoms with E-state index in [4.69, 9.17) is 4.74 Å². The topological polar surface area (TPSA) is 108 Å². The Bertz CT molecular complexity index is 896. The number of anilines is 1. The molecule has 3 rings (SSSR count). The highest BCUT2D eigenvalue weighted by Crippen LogP contribution is 2.35. The zero-order valence-electron chi connectivity index (χ0n) is 14.7. The van der Waals surface area contributed by atoms with Gasteiger partial charge in [0.15, 0.2) is 0 Å². The van der Waals surface area contributed by atoms with Gasteiger partial charge in [0.05, 0.1) is 17.1 Å². The normalized spacial score (nSPS) is 21.9. The van der Waals surface area contributed by atoms with Crippen molar-refractivity contribution in [3.05, 3.63) is 18.2 Å². The zero-order valence-corrected chi connectivity index (χ0v) is 15.5. The van der Waals surface area contributed by atoms with Gasteiger partial charge in [-0.25, -0.2) is 4.79 Å². The maximum Gasteiger partial charge on any atom is 0.322 e. The van der Waals surface area contributed by atoms with Gasteiger partial charge in [0.25, 0.3) is 10.0 Å². The molecule has 0 spiro atoms. The lowest BCUT2D eigenvalue weighted by Crippen LogP contribution is -2.47. The largest absolute Gasteiger partial charge is 0.487 e. The van der Waals surface area contributed by atoms with E-state index < -0.39 is 16.1 Å². The molecule has 0 aliphatic carbocycles. The Morgan fingerprint density at radius 1 is 1.38 bits per heavy atom. The van der Waals surface area contributed by atoms with Gasteiger partial charge in [0.1, 0.15) is 17.7 Å². The third-order valence-corrected chi connectivity index (χ3v) is 5.49. The Balaban J connectivity index is 1.96. The standard InChI is InChI=1S/C16H20N4O5S/c1-10-9-20(11(2)21)13-8-12(4-5-14(13)25-10)26(23,24)18-15-6-7-19(3)16(22)17-15/h4-5,8,10H,6-7,9H2,1-3H3,(H,17,18,22). The minimum atomic E-state index is -4.04. The lowest BCUT2D eigenvalue weighted by atomic mass is 10.2. The number of fused-ring (bicyclic) bond motifs is 1. The van der Waals surface area contributed by atoms with Crippen LogP contribution in [0.1, 0.15) is 20.3 Å². The molecule has 140 valence electrons. The number of amides is 3. The molecule has 1 aromatic carbocycles. The fourth-order valence-electron chi connectivity index (χ4n) is 2.80. The predicted molar refractivity (Wildman–Crippen MR) is 95.0 cm³/mol. The van der Waals surface area contributed by atoms with E-state index in [1.807, 2.05) is 6.92 Å². The number of amidine groups is 1. The molecule has 0 radical (unpaired) electrons. The average Bonchev–Trinajstić information content (AvgIpc) is 2.56. The minimum absolute atomic E-state index is 0.0682. The molecule has 1 aromatic rings. The molecule has 2 heterocycles. The summed E-state index contributed by atoms with van der Waals surface area (Å²) in [6, 6.07) is 3.87. The third-order valence-electron chi connectivity index (χ3n) is 4.18. The highest BCUT2D eigenvalue weighted by Gasteiger charge is 2.28. The van der Waals surface area contributed by atoms with Crippen LogP contribution in [-0.2, 0) is 14.8 Å². The quantitative estimate of drug-likeness (QED) is 0.822. The molecule has 0 bridgehead atoms. The first-order valence-corrected chi connectivity index (χ1v) is 9.56. The summed E-state index contributed by atoms with van der Waals surface area (Å²) in [5, 5.41) is 2.46. The predicted octanol–water partition coefficient (Wildman–Crippen LogP) is 0.953. The van der Waals surface area contributed by atoms with Crippen molar-refractivity contribution in [1.82, 2.24) is 10.2 Å². The second kappa shape index (κ2) is 6.60. The molecule has 1 saturated heterocycles. The number of urea groups is 1. The van der Waals surface area contributed by atoms with Gasteiger partial charge in [-0.15, -0.1) is 4.40 Å². The smallest absolute Gasteiger partial charge is 0.322 e. The highest BCUT2D eigenvalue weighted by atomic mass is 32.2. The summed E-state index contributed by atoms with van der Waals surface area (Å²) >= 11 is 0. The van der Waals surface area contributed by atoms with Crippen LogP contribution in [0.4, 0.5) is 10.5 Å². The van der Waals surface area contributed by atoms with Crippen LogP contribution in [-0.4, -0.2) is 57.3 Å². The van der Waals surface area contributed by atoms with Crippen LogP contribution < -0.4 is 15.0 Å². The molecule has 3 amide bonds. The second-order valence-electron chi connectivity index (χ2n) is 6.30. The molecule has 0 aromatic heterocycles. The fraction of sp³-hybridized carbons (Fsp3) is 0.438. The molecule has 0 saturated carbocycles. The van der Waals surface area contributed by atoms with Gasteiger partial charge in [-0.1, -0.05) is 0 Å². The monoisotopic (exact) mass is 380 g/mol. The van der Waals surface area contributed by atoms with Crippen molar-refractivity contribution < 1.29 is 22.7 Å². The van der Waals surface area contributed by atoms with E-state index in [2.05, 4.69) is 9.71 Å². The molecule has 1 atom stereocenters. The minimum Gasteiger partial charge on any atom is -0.487 e. The van der Waals surface area contributed by atoms with E-state index in [1.165, 1.54) is 34.9 Å². The lowest BCUT2D eigenvalue weighted by molar-refractivity contribution is -0.117. The van der Waals surface area contributed by atoms with Crippen LogP contribution in [0.15, 0.2) is 27.5 Å². The van der Waals surface area contributed by atoms with Gasteiger partial charge in [0, 0.05) is 26.9 Å². The van der Waals surface area contributed by atoms with Gasteiger partial charge in [-0.2, -0.15) is 8.42 Å². The Hall–Kier alpha value is -2.62. The van der Waals surface area contributed by atoms with Gasteiger partial charge >= 0.3 is 6.03 Å². The number of nitrogens with zero attached hydrogens (tertiary/aromatic N) is 3. The Morgan fingerprint density at radius 2 is 2.12 bits per heavy atom. The van der Waals surface area contributed by atoms with E-state index in [0.29, 0.717) is 30.9 Å². The first-order valence-electron chi connectivity index (χ1n) is 8.12. The van der Waals surface area contributed by atoms with Crippen molar-refractivity contribution >= 4 is 33.5 Å². The van der Waals surface area contributed by atoms with Crippen molar-refractivity contribution in [2.75, 3.05) is 25.0 Å². The van der Waals surface area contributed by atoms with E-state index >= 15 is 0 Å². The Labute approximate surface area is 151 Å². The summed E-state index contributed by atoms with van der Waals surface area (Å²) in [5.74, 6) is 0.335. The number of hydrogen-bond donors (Lipinski definition) is 1. The van der Waals surface area contributed by atoms with E-state index in [9.17, 15) is 18.0 Å². The Morgan fingerprint density at radius 3 is 2.77 bits per heavy atom. The number of ether oxygens (including phenoxy) is 1. The van der Waals surface area contributed by atoms with Crippen molar-refractivity contribution in [3.63, 3.8) is 0 Å². The first kappa shape index (κ1) is 18.2. The summed E-state index contributed by atoms with van der Waals surface area (Å²) in [6.07, 6.45) is 0.121. The van der Waals surface area contributed by atoms with Crippen molar-refractivity contribution in [2.24, 2.45) is 4.40 Å². The van der Waals surface area contributed by atoms with Gasteiger partial charge in [0.2, 0.25) is 5.91 Å². The molecule has 9 nitrogen and oxygen atoms in total. The number of nitrogens with one attached hydrogen (secondary N) is 1. The van der Waals surface area contributed by atoms with Gasteiger partial charge in [-0.05, 0) is 25.1 Å². The number of benzene rings is 1. The molecule has 26 heavy (non-hydrogen) atoms. The van der Waals surface area contributed by atoms with Crippen LogP contribution in [0.3, 0.4) is 0 Å². The summed E-state index contributed by atoms with van der Waals surface area (Å²) < 4.78 is 34.6. The van der Waals surface area contributed by atoms with Crippen LogP contribution in [0, 0.1) is 0 Å². The average molecular weight is 380 g/mol. The fourth-order valence-corrected chi connectivity index (χ4v) is 3.83. The number of sulfonamides is 1. The maximum absolute atomic E-state index is 12.6.